The molecule has 0 aromatic carbocycles. The molecule has 0 amide bonds. The Morgan fingerprint density at radius 1 is 1.10 bits per heavy atom. The molecule has 2 N–H and O–H groups in total. The minimum Gasteiger partial charge on any atom is -0.357 e. The zero-order valence-electron chi connectivity index (χ0n) is 13.1. The Kier molecular flexibility index (Phi) is 4.10. The molecule has 3 heterocycles. The maximum Gasteiger partial charge on any atom is 0.231 e. The van der Waals surface area contributed by atoms with Crippen LogP contribution in [-0.2, 0) is 0 Å². The summed E-state index contributed by atoms with van der Waals surface area (Å²) >= 11 is 0. The predicted molar refractivity (Wildman–Crippen MR) is 84.9 cm³/mol. The minimum absolute atomic E-state index is 0.464. The number of nitrogens with one attached hydrogen (secondary N) is 2. The fourth-order valence-corrected chi connectivity index (χ4v) is 3.28. The first-order valence-corrected chi connectivity index (χ1v) is 7.77. The highest BCUT2D eigenvalue weighted by Gasteiger charge is 2.31. The largest absolute Gasteiger partial charge is 0.357 e. The topological polar surface area (TPSA) is 69.2 Å². The van der Waals surface area contributed by atoms with Crippen LogP contribution in [0.15, 0.2) is 0 Å². The Morgan fingerprint density at radius 3 is 2.67 bits per heavy atom. The summed E-state index contributed by atoms with van der Waals surface area (Å²) in [5, 5.41) is 6.51. The van der Waals surface area contributed by atoms with Crippen LogP contribution in [0.1, 0.15) is 25.7 Å². The van der Waals surface area contributed by atoms with Crippen LogP contribution < -0.4 is 15.5 Å². The molecule has 7 nitrogen and oxygen atoms in total. The molecule has 2 atom stereocenters. The molecule has 0 saturated carbocycles. The first kappa shape index (κ1) is 14.3. The molecule has 2 fully saturated rings. The van der Waals surface area contributed by atoms with Crippen LogP contribution in [0, 0.1) is 0 Å². The normalized spacial score (nSPS) is 25.5. The average molecular weight is 291 g/mol. The fraction of sp³-hybridized carbons (Fsp3) is 0.786. The number of anilines is 3. The zero-order chi connectivity index (χ0) is 14.8. The van der Waals surface area contributed by atoms with Gasteiger partial charge in [-0.15, -0.1) is 0 Å². The Balaban J connectivity index is 1.70. The van der Waals surface area contributed by atoms with E-state index in [2.05, 4.69) is 30.5 Å². The smallest absolute Gasteiger partial charge is 0.231 e. The molecule has 2 aliphatic rings. The lowest BCUT2D eigenvalue weighted by molar-refractivity contribution is 0.188. The molecule has 2 unspecified atom stereocenters. The molecule has 0 aliphatic carbocycles. The van der Waals surface area contributed by atoms with E-state index < -0.39 is 0 Å². The van der Waals surface area contributed by atoms with Crippen LogP contribution in [0.2, 0.25) is 0 Å². The summed E-state index contributed by atoms with van der Waals surface area (Å²) in [6, 6.07) is 1.21. The summed E-state index contributed by atoms with van der Waals surface area (Å²) in [4.78, 5) is 17.8. The Labute approximate surface area is 126 Å². The molecular formula is C14H25N7. The van der Waals surface area contributed by atoms with Crippen LogP contribution in [-0.4, -0.2) is 66.2 Å². The fourth-order valence-electron chi connectivity index (χ4n) is 3.28. The number of hydrogen-bond acceptors (Lipinski definition) is 7. The second-order valence-corrected chi connectivity index (χ2v) is 6.12. The molecular weight excluding hydrogens is 266 g/mol. The zero-order valence-corrected chi connectivity index (χ0v) is 13.1. The second-order valence-electron chi connectivity index (χ2n) is 6.12. The van der Waals surface area contributed by atoms with Gasteiger partial charge < -0.3 is 20.4 Å². The van der Waals surface area contributed by atoms with Gasteiger partial charge >= 0.3 is 0 Å². The van der Waals surface area contributed by atoms with Gasteiger partial charge in [-0.25, -0.2) is 0 Å². The van der Waals surface area contributed by atoms with Crippen molar-refractivity contribution in [3.05, 3.63) is 0 Å². The van der Waals surface area contributed by atoms with Gasteiger partial charge in [-0.05, 0) is 32.2 Å². The van der Waals surface area contributed by atoms with Gasteiger partial charge in [0, 0.05) is 39.8 Å². The van der Waals surface area contributed by atoms with Crippen molar-refractivity contribution in [2.75, 3.05) is 49.8 Å². The van der Waals surface area contributed by atoms with Crippen molar-refractivity contribution < 1.29 is 0 Å². The van der Waals surface area contributed by atoms with Crippen LogP contribution in [0.3, 0.4) is 0 Å². The maximum absolute atomic E-state index is 4.50. The highest BCUT2D eigenvalue weighted by Crippen LogP contribution is 2.28. The highest BCUT2D eigenvalue weighted by molar-refractivity contribution is 5.43. The van der Waals surface area contributed by atoms with Crippen molar-refractivity contribution in [2.24, 2.45) is 0 Å². The maximum atomic E-state index is 4.50. The van der Waals surface area contributed by atoms with Gasteiger partial charge in [0.15, 0.2) is 0 Å². The van der Waals surface area contributed by atoms with Crippen LogP contribution in [0.4, 0.5) is 17.8 Å². The molecule has 116 valence electrons. The first-order chi connectivity index (χ1) is 10.2. The summed E-state index contributed by atoms with van der Waals surface area (Å²) in [5.74, 6) is 1.96. The van der Waals surface area contributed by atoms with E-state index in [0.717, 1.165) is 12.5 Å². The van der Waals surface area contributed by atoms with E-state index >= 15 is 0 Å². The van der Waals surface area contributed by atoms with Gasteiger partial charge in [-0.1, -0.05) is 0 Å². The van der Waals surface area contributed by atoms with Crippen LogP contribution >= 0.6 is 0 Å². The number of rotatable bonds is 4. The summed E-state index contributed by atoms with van der Waals surface area (Å²) in [5.41, 5.74) is 0. The van der Waals surface area contributed by atoms with Crippen LogP contribution in [0.25, 0.3) is 0 Å². The molecule has 0 spiro atoms. The Hall–Kier alpha value is -1.63. The van der Waals surface area contributed by atoms with E-state index in [1.807, 2.05) is 26.0 Å². The van der Waals surface area contributed by atoms with Gasteiger partial charge in [-0.2, -0.15) is 15.0 Å². The van der Waals surface area contributed by atoms with Crippen molar-refractivity contribution in [2.45, 2.75) is 37.8 Å². The molecule has 0 radical (unpaired) electrons. The van der Waals surface area contributed by atoms with E-state index in [4.69, 9.17) is 0 Å². The van der Waals surface area contributed by atoms with Gasteiger partial charge in [0.25, 0.3) is 0 Å². The standard InChI is InChI=1S/C14H25N7/c1-15-12-17-13(19-14(18-12)20(2)3)16-10-6-8-21-7-4-5-11(21)9-10/h10-11H,4-9H2,1-3H3,(H2,15,16,17,18,19). The minimum atomic E-state index is 0.464. The van der Waals surface area contributed by atoms with E-state index in [1.54, 1.807) is 0 Å². The average Bonchev–Trinajstić information content (AvgIpc) is 2.94. The van der Waals surface area contributed by atoms with Crippen molar-refractivity contribution in [1.82, 2.24) is 19.9 Å². The summed E-state index contributed by atoms with van der Waals surface area (Å²) in [6.45, 7) is 2.46. The third-order valence-electron chi connectivity index (χ3n) is 4.40. The lowest BCUT2D eigenvalue weighted by Crippen LogP contribution is -2.43. The first-order valence-electron chi connectivity index (χ1n) is 7.77. The highest BCUT2D eigenvalue weighted by atomic mass is 15.3. The monoisotopic (exact) mass is 291 g/mol. The summed E-state index contributed by atoms with van der Waals surface area (Å²) < 4.78 is 0. The molecule has 7 heteroatoms. The van der Waals surface area contributed by atoms with Crippen LogP contribution in [0.5, 0.6) is 0 Å². The number of hydrogen-bond donors (Lipinski definition) is 2. The quantitative estimate of drug-likeness (QED) is 0.858. The van der Waals surface area contributed by atoms with Crippen molar-refractivity contribution in [3.63, 3.8) is 0 Å². The van der Waals surface area contributed by atoms with Gasteiger partial charge in [-0.3, -0.25) is 0 Å². The molecule has 2 aliphatic heterocycles. The van der Waals surface area contributed by atoms with E-state index in [0.29, 0.717) is 23.9 Å². The van der Waals surface area contributed by atoms with Gasteiger partial charge in [0.2, 0.25) is 17.8 Å². The molecule has 1 aromatic rings. The van der Waals surface area contributed by atoms with Crippen molar-refractivity contribution in [1.29, 1.82) is 0 Å². The Bertz CT molecular complexity index is 490. The van der Waals surface area contributed by atoms with Gasteiger partial charge in [0.05, 0.1) is 0 Å². The molecule has 21 heavy (non-hydrogen) atoms. The predicted octanol–water partition coefficient (Wildman–Crippen LogP) is 1.02. The van der Waals surface area contributed by atoms with Crippen molar-refractivity contribution in [3.8, 4) is 0 Å². The number of nitrogens with zero attached hydrogens (tertiary/aromatic N) is 5. The third kappa shape index (κ3) is 3.18. The lowest BCUT2D eigenvalue weighted by Gasteiger charge is -2.35. The van der Waals surface area contributed by atoms with E-state index in [1.165, 1.54) is 32.4 Å². The third-order valence-corrected chi connectivity index (χ3v) is 4.40. The van der Waals surface area contributed by atoms with Crippen molar-refractivity contribution >= 4 is 17.8 Å². The van der Waals surface area contributed by atoms with E-state index in [-0.39, 0.29) is 0 Å². The summed E-state index contributed by atoms with van der Waals surface area (Å²) in [6.07, 6.45) is 5.03. The number of fused-ring (bicyclic) bond motifs is 1. The lowest BCUT2D eigenvalue weighted by atomic mass is 9.98. The second kappa shape index (κ2) is 6.01. The molecule has 3 rings (SSSR count). The summed E-state index contributed by atoms with van der Waals surface area (Å²) in [7, 11) is 5.71. The van der Waals surface area contributed by atoms with Gasteiger partial charge in [0.1, 0.15) is 0 Å². The molecule has 2 saturated heterocycles. The number of aromatic nitrogens is 3. The number of piperidine rings is 1. The molecule has 1 aromatic heterocycles. The Morgan fingerprint density at radius 2 is 1.90 bits per heavy atom. The molecule has 0 bridgehead atoms. The van der Waals surface area contributed by atoms with E-state index in [9.17, 15) is 0 Å². The SMILES string of the molecule is CNc1nc(NC2CCN3CCCC3C2)nc(N(C)C)n1.